The summed E-state index contributed by atoms with van der Waals surface area (Å²) in [5, 5.41) is 0. The number of aromatic nitrogens is 1. The number of ether oxygens (including phenoxy) is 1. The van der Waals surface area contributed by atoms with Gasteiger partial charge in [-0.05, 0) is 22.6 Å². The van der Waals surface area contributed by atoms with Crippen molar-refractivity contribution >= 4 is 0 Å². The highest BCUT2D eigenvalue weighted by atomic mass is 19.4. The molecule has 0 spiro atoms. The van der Waals surface area contributed by atoms with Gasteiger partial charge in [-0.2, -0.15) is 13.2 Å². The molecule has 0 saturated carbocycles. The summed E-state index contributed by atoms with van der Waals surface area (Å²) in [4.78, 5) is 3.56. The topological polar surface area (TPSA) is 48.1 Å². The number of hydrogen-bond donors (Lipinski definition) is 1. The van der Waals surface area contributed by atoms with Crippen LogP contribution in [-0.4, -0.2) is 4.98 Å². The maximum Gasteiger partial charge on any atom is 0.433 e. The third-order valence-corrected chi connectivity index (χ3v) is 3.64. The van der Waals surface area contributed by atoms with Gasteiger partial charge in [-0.1, -0.05) is 51.1 Å². The number of nitrogens with two attached hydrogens (primary N) is 1. The first-order valence-electron chi connectivity index (χ1n) is 7.60. The molecular formula is C18H21F3N2O. The number of pyridine rings is 1. The van der Waals surface area contributed by atoms with Gasteiger partial charge in [0, 0.05) is 12.1 Å². The van der Waals surface area contributed by atoms with Crippen LogP contribution in [-0.2, 0) is 24.7 Å². The minimum atomic E-state index is -4.51. The molecule has 0 amide bonds. The van der Waals surface area contributed by atoms with Gasteiger partial charge in [0.15, 0.2) is 0 Å². The Morgan fingerprint density at radius 1 is 1.00 bits per heavy atom. The average molecular weight is 338 g/mol. The second kappa shape index (κ2) is 6.81. The van der Waals surface area contributed by atoms with Crippen LogP contribution in [0.3, 0.4) is 0 Å². The second-order valence-corrected chi connectivity index (χ2v) is 6.60. The molecule has 1 heterocycles. The second-order valence-electron chi connectivity index (χ2n) is 6.60. The van der Waals surface area contributed by atoms with Crippen LogP contribution in [0.25, 0.3) is 0 Å². The van der Waals surface area contributed by atoms with Gasteiger partial charge in [0.05, 0.1) is 0 Å². The van der Waals surface area contributed by atoms with E-state index in [-0.39, 0.29) is 24.4 Å². The minimum absolute atomic E-state index is 0.0364. The van der Waals surface area contributed by atoms with Crippen molar-refractivity contribution in [2.75, 3.05) is 0 Å². The molecule has 2 rings (SSSR count). The average Bonchev–Trinajstić information content (AvgIpc) is 2.51. The summed E-state index contributed by atoms with van der Waals surface area (Å²) < 4.78 is 43.8. The molecule has 0 aliphatic carbocycles. The lowest BCUT2D eigenvalue weighted by molar-refractivity contribution is -0.141. The van der Waals surface area contributed by atoms with E-state index in [2.05, 4.69) is 25.8 Å². The Morgan fingerprint density at radius 2 is 1.62 bits per heavy atom. The quantitative estimate of drug-likeness (QED) is 0.897. The number of benzene rings is 1. The third-order valence-electron chi connectivity index (χ3n) is 3.64. The molecule has 6 heteroatoms. The summed E-state index contributed by atoms with van der Waals surface area (Å²) >= 11 is 0. The van der Waals surface area contributed by atoms with E-state index in [4.69, 9.17) is 10.5 Å². The van der Waals surface area contributed by atoms with E-state index in [0.29, 0.717) is 5.56 Å². The van der Waals surface area contributed by atoms with Crippen molar-refractivity contribution < 1.29 is 17.9 Å². The standard InChI is InChI=1S/C18H21F3N2O/c1-17(2,3)14-7-4-12(5-8-14)11-24-16-13(10-22)6-9-15(23-16)18(19,20)21/h4-9H,10-11,22H2,1-3H3. The zero-order chi connectivity index (χ0) is 18.0. The molecule has 3 nitrogen and oxygen atoms in total. The summed E-state index contributed by atoms with van der Waals surface area (Å²) in [7, 11) is 0. The largest absolute Gasteiger partial charge is 0.473 e. The van der Waals surface area contributed by atoms with Crippen LogP contribution >= 0.6 is 0 Å². The number of rotatable bonds is 4. The minimum Gasteiger partial charge on any atom is -0.473 e. The Bertz CT molecular complexity index is 689. The van der Waals surface area contributed by atoms with Crippen LogP contribution in [0.2, 0.25) is 0 Å². The van der Waals surface area contributed by atoms with Gasteiger partial charge in [0.25, 0.3) is 0 Å². The first-order chi connectivity index (χ1) is 11.1. The van der Waals surface area contributed by atoms with Crippen LogP contribution in [0.5, 0.6) is 5.88 Å². The van der Waals surface area contributed by atoms with E-state index < -0.39 is 11.9 Å². The van der Waals surface area contributed by atoms with E-state index >= 15 is 0 Å². The Hall–Kier alpha value is -2.08. The predicted molar refractivity (Wildman–Crippen MR) is 86.6 cm³/mol. The van der Waals surface area contributed by atoms with E-state index in [0.717, 1.165) is 11.6 Å². The maximum atomic E-state index is 12.8. The zero-order valence-corrected chi connectivity index (χ0v) is 13.9. The summed E-state index contributed by atoms with van der Waals surface area (Å²) in [5.74, 6) is -0.0766. The maximum absolute atomic E-state index is 12.8. The van der Waals surface area contributed by atoms with Gasteiger partial charge in [-0.3, -0.25) is 0 Å². The van der Waals surface area contributed by atoms with Crippen LogP contribution in [0.4, 0.5) is 13.2 Å². The van der Waals surface area contributed by atoms with Gasteiger partial charge in [-0.25, -0.2) is 4.98 Å². The fourth-order valence-electron chi connectivity index (χ4n) is 2.16. The van der Waals surface area contributed by atoms with Gasteiger partial charge in [-0.15, -0.1) is 0 Å². The lowest BCUT2D eigenvalue weighted by atomic mass is 9.87. The van der Waals surface area contributed by atoms with E-state index in [1.165, 1.54) is 11.6 Å². The molecule has 24 heavy (non-hydrogen) atoms. The molecule has 1 aromatic heterocycles. The summed E-state index contributed by atoms with van der Waals surface area (Å²) in [6, 6.07) is 9.98. The van der Waals surface area contributed by atoms with Gasteiger partial charge < -0.3 is 10.5 Å². The lowest BCUT2D eigenvalue weighted by Gasteiger charge is -2.19. The van der Waals surface area contributed by atoms with E-state index in [1.807, 2.05) is 24.3 Å². The van der Waals surface area contributed by atoms with Crippen molar-refractivity contribution in [2.45, 2.75) is 45.5 Å². The number of halogens is 3. The van der Waals surface area contributed by atoms with Crippen molar-refractivity contribution in [3.8, 4) is 5.88 Å². The number of alkyl halides is 3. The summed E-state index contributed by atoms with van der Waals surface area (Å²) in [5.41, 5.74) is 7.06. The van der Waals surface area contributed by atoms with Crippen LogP contribution in [0, 0.1) is 0 Å². The van der Waals surface area contributed by atoms with Crippen LogP contribution < -0.4 is 10.5 Å². The first-order valence-corrected chi connectivity index (χ1v) is 7.60. The molecule has 0 aliphatic heterocycles. The van der Waals surface area contributed by atoms with Gasteiger partial charge in [0.2, 0.25) is 5.88 Å². The highest BCUT2D eigenvalue weighted by molar-refractivity contribution is 5.31. The highest BCUT2D eigenvalue weighted by Gasteiger charge is 2.33. The summed E-state index contributed by atoms with van der Waals surface area (Å²) in [6.07, 6.45) is -4.51. The summed E-state index contributed by atoms with van der Waals surface area (Å²) in [6.45, 7) is 6.52. The highest BCUT2D eigenvalue weighted by Crippen LogP contribution is 2.30. The molecule has 0 unspecified atom stereocenters. The molecule has 0 atom stereocenters. The molecule has 2 aromatic rings. The molecule has 0 fully saturated rings. The molecule has 0 radical (unpaired) electrons. The molecule has 0 saturated heterocycles. The third kappa shape index (κ3) is 4.47. The predicted octanol–water partition coefficient (Wildman–Crippen LogP) is 4.44. The molecule has 0 aliphatic rings. The smallest absolute Gasteiger partial charge is 0.433 e. The number of hydrogen-bond acceptors (Lipinski definition) is 3. The van der Waals surface area contributed by atoms with Crippen molar-refractivity contribution in [3.63, 3.8) is 0 Å². The normalized spacial score (nSPS) is 12.3. The van der Waals surface area contributed by atoms with Crippen LogP contribution in [0.1, 0.15) is 43.2 Å². The van der Waals surface area contributed by atoms with Gasteiger partial charge >= 0.3 is 6.18 Å². The monoisotopic (exact) mass is 338 g/mol. The van der Waals surface area contributed by atoms with E-state index in [1.54, 1.807) is 0 Å². The first kappa shape index (κ1) is 18.3. The number of nitrogens with zero attached hydrogens (tertiary/aromatic N) is 1. The fraction of sp³-hybridized carbons (Fsp3) is 0.389. The molecular weight excluding hydrogens is 317 g/mol. The van der Waals surface area contributed by atoms with Crippen molar-refractivity contribution in [2.24, 2.45) is 5.73 Å². The fourth-order valence-corrected chi connectivity index (χ4v) is 2.16. The van der Waals surface area contributed by atoms with E-state index in [9.17, 15) is 13.2 Å². The molecule has 130 valence electrons. The van der Waals surface area contributed by atoms with Gasteiger partial charge in [0.1, 0.15) is 12.3 Å². The zero-order valence-electron chi connectivity index (χ0n) is 13.9. The molecule has 1 aromatic carbocycles. The Labute approximate surface area is 139 Å². The van der Waals surface area contributed by atoms with Crippen molar-refractivity contribution in [3.05, 3.63) is 58.8 Å². The Morgan fingerprint density at radius 3 is 2.12 bits per heavy atom. The molecule has 2 N–H and O–H groups in total. The van der Waals surface area contributed by atoms with Crippen molar-refractivity contribution in [1.82, 2.24) is 4.98 Å². The lowest BCUT2D eigenvalue weighted by Crippen LogP contribution is -2.12. The Kier molecular flexibility index (Phi) is 5.18. The van der Waals surface area contributed by atoms with Crippen LogP contribution in [0.15, 0.2) is 36.4 Å². The Balaban J connectivity index is 2.16. The van der Waals surface area contributed by atoms with Crippen molar-refractivity contribution in [1.29, 1.82) is 0 Å². The SMILES string of the molecule is CC(C)(C)c1ccc(COc2nc(C(F)(F)F)ccc2CN)cc1. The molecule has 0 bridgehead atoms.